The first kappa shape index (κ1) is 14.1. The van der Waals surface area contributed by atoms with Crippen LogP contribution in [0.2, 0.25) is 0 Å². The molecule has 0 spiro atoms. The Morgan fingerprint density at radius 1 is 1.47 bits per heavy atom. The third kappa shape index (κ3) is 3.59. The number of nitrogens with zero attached hydrogens (tertiary/aromatic N) is 1. The van der Waals surface area contributed by atoms with Crippen molar-refractivity contribution in [1.82, 2.24) is 10.3 Å². The van der Waals surface area contributed by atoms with Crippen molar-refractivity contribution in [2.45, 2.75) is 19.5 Å². The molecule has 2 heterocycles. The van der Waals surface area contributed by atoms with Gasteiger partial charge in [-0.25, -0.2) is 4.98 Å². The molecule has 19 heavy (non-hydrogen) atoms. The van der Waals surface area contributed by atoms with Gasteiger partial charge in [0.15, 0.2) is 5.69 Å². The van der Waals surface area contributed by atoms with Crippen molar-refractivity contribution in [2.24, 2.45) is 11.8 Å². The number of ether oxygens (including phenoxy) is 1. The summed E-state index contributed by atoms with van der Waals surface area (Å²) in [6.07, 6.45) is -2.33. The number of rotatable bonds is 3. The van der Waals surface area contributed by atoms with Gasteiger partial charge < -0.3 is 10.1 Å². The summed E-state index contributed by atoms with van der Waals surface area (Å²) >= 11 is 0. The number of alkyl halides is 3. The standard InChI is InChI=1S/C13H17F3N2O/c1-9-4-6-17-7-10(9)8-19-11-3-2-5-18-12(11)13(14,15)16/h2-3,5,9-10,17H,4,6-8H2,1H3. The lowest BCUT2D eigenvalue weighted by molar-refractivity contribution is -0.142. The zero-order chi connectivity index (χ0) is 13.9. The lowest BCUT2D eigenvalue weighted by Crippen LogP contribution is -2.38. The fraction of sp³-hybridized carbons (Fsp3) is 0.615. The van der Waals surface area contributed by atoms with Gasteiger partial charge in [0.2, 0.25) is 0 Å². The summed E-state index contributed by atoms with van der Waals surface area (Å²) in [7, 11) is 0. The summed E-state index contributed by atoms with van der Waals surface area (Å²) < 4.78 is 43.6. The average molecular weight is 274 g/mol. The van der Waals surface area contributed by atoms with Crippen molar-refractivity contribution in [2.75, 3.05) is 19.7 Å². The zero-order valence-electron chi connectivity index (χ0n) is 10.7. The lowest BCUT2D eigenvalue weighted by atomic mass is 9.89. The van der Waals surface area contributed by atoms with Gasteiger partial charge in [-0.05, 0) is 31.0 Å². The largest absolute Gasteiger partial charge is 0.491 e. The van der Waals surface area contributed by atoms with E-state index in [2.05, 4.69) is 17.2 Å². The van der Waals surface area contributed by atoms with Crippen LogP contribution in [0.3, 0.4) is 0 Å². The highest BCUT2D eigenvalue weighted by Gasteiger charge is 2.36. The maximum absolute atomic E-state index is 12.7. The molecule has 1 N–H and O–H groups in total. The van der Waals surface area contributed by atoms with E-state index < -0.39 is 11.9 Å². The number of halogens is 3. The first-order valence-corrected chi connectivity index (χ1v) is 6.34. The molecule has 0 radical (unpaired) electrons. The zero-order valence-corrected chi connectivity index (χ0v) is 10.7. The second-order valence-corrected chi connectivity index (χ2v) is 4.89. The fourth-order valence-electron chi connectivity index (χ4n) is 2.19. The van der Waals surface area contributed by atoms with Gasteiger partial charge in [-0.2, -0.15) is 13.2 Å². The summed E-state index contributed by atoms with van der Waals surface area (Å²) in [5.74, 6) is 0.495. The van der Waals surface area contributed by atoms with E-state index in [0.717, 1.165) is 25.7 Å². The summed E-state index contributed by atoms with van der Waals surface area (Å²) in [4.78, 5) is 3.37. The summed E-state index contributed by atoms with van der Waals surface area (Å²) in [6, 6.07) is 2.77. The Morgan fingerprint density at radius 2 is 2.26 bits per heavy atom. The maximum atomic E-state index is 12.7. The molecule has 1 aliphatic heterocycles. The van der Waals surface area contributed by atoms with Crippen molar-refractivity contribution < 1.29 is 17.9 Å². The molecule has 1 aromatic heterocycles. The molecule has 2 atom stereocenters. The van der Waals surface area contributed by atoms with Crippen LogP contribution >= 0.6 is 0 Å². The van der Waals surface area contributed by atoms with Gasteiger partial charge >= 0.3 is 6.18 Å². The van der Waals surface area contributed by atoms with Crippen LogP contribution in [0.1, 0.15) is 19.0 Å². The molecule has 6 heteroatoms. The second kappa shape index (κ2) is 5.77. The van der Waals surface area contributed by atoms with Gasteiger partial charge in [-0.15, -0.1) is 0 Å². The summed E-state index contributed by atoms with van der Waals surface area (Å²) in [5, 5.41) is 3.23. The van der Waals surface area contributed by atoms with E-state index in [1.165, 1.54) is 12.1 Å². The molecular formula is C13H17F3N2O. The first-order valence-electron chi connectivity index (χ1n) is 6.34. The van der Waals surface area contributed by atoms with Crippen molar-refractivity contribution >= 4 is 0 Å². The van der Waals surface area contributed by atoms with Gasteiger partial charge in [-0.1, -0.05) is 6.92 Å². The number of nitrogens with one attached hydrogen (secondary N) is 1. The highest BCUT2D eigenvalue weighted by molar-refractivity contribution is 5.29. The third-order valence-corrected chi connectivity index (χ3v) is 3.48. The Bertz CT molecular complexity index is 423. The van der Waals surface area contributed by atoms with Crippen molar-refractivity contribution in [3.63, 3.8) is 0 Å². The Balaban J connectivity index is 2.03. The monoisotopic (exact) mass is 274 g/mol. The number of piperidine rings is 1. The predicted molar refractivity (Wildman–Crippen MR) is 64.9 cm³/mol. The molecule has 1 aliphatic rings. The van der Waals surface area contributed by atoms with E-state index in [9.17, 15) is 13.2 Å². The van der Waals surface area contributed by atoms with E-state index >= 15 is 0 Å². The number of aromatic nitrogens is 1. The first-order chi connectivity index (χ1) is 8.98. The number of hydrogen-bond donors (Lipinski definition) is 1. The van der Waals surface area contributed by atoms with Gasteiger partial charge in [0, 0.05) is 18.7 Å². The Hall–Kier alpha value is -1.30. The molecule has 1 saturated heterocycles. The lowest BCUT2D eigenvalue weighted by Gasteiger charge is -2.29. The van der Waals surface area contributed by atoms with Gasteiger partial charge in [0.05, 0.1) is 6.61 Å². The van der Waals surface area contributed by atoms with E-state index in [1.54, 1.807) is 0 Å². The quantitative estimate of drug-likeness (QED) is 0.920. The topological polar surface area (TPSA) is 34.1 Å². The van der Waals surface area contributed by atoms with Gasteiger partial charge in [-0.3, -0.25) is 0 Å². The minimum absolute atomic E-state index is 0.187. The highest BCUT2D eigenvalue weighted by Crippen LogP contribution is 2.34. The molecule has 0 aromatic carbocycles. The molecule has 106 valence electrons. The van der Waals surface area contributed by atoms with Crippen LogP contribution in [0.15, 0.2) is 18.3 Å². The Kier molecular flexibility index (Phi) is 4.29. The summed E-state index contributed by atoms with van der Waals surface area (Å²) in [6.45, 7) is 4.12. The highest BCUT2D eigenvalue weighted by atomic mass is 19.4. The minimum Gasteiger partial charge on any atom is -0.491 e. The maximum Gasteiger partial charge on any atom is 0.437 e. The molecular weight excluding hydrogens is 257 g/mol. The van der Waals surface area contributed by atoms with Crippen molar-refractivity contribution in [3.05, 3.63) is 24.0 Å². The SMILES string of the molecule is CC1CCNCC1COc1cccnc1C(F)(F)F. The van der Waals surface area contributed by atoms with E-state index in [1.807, 2.05) is 0 Å². The smallest absolute Gasteiger partial charge is 0.437 e. The van der Waals surface area contributed by atoms with Crippen LogP contribution in [0.25, 0.3) is 0 Å². The molecule has 0 saturated carbocycles. The van der Waals surface area contributed by atoms with Gasteiger partial charge in [0.1, 0.15) is 5.75 Å². The minimum atomic E-state index is -4.48. The molecule has 1 aromatic rings. The van der Waals surface area contributed by atoms with Crippen LogP contribution in [-0.4, -0.2) is 24.7 Å². The molecule has 3 nitrogen and oxygen atoms in total. The van der Waals surface area contributed by atoms with Crippen LogP contribution in [0.5, 0.6) is 5.75 Å². The molecule has 2 unspecified atom stereocenters. The molecule has 0 aliphatic carbocycles. The molecule has 0 bridgehead atoms. The second-order valence-electron chi connectivity index (χ2n) is 4.89. The fourth-order valence-corrected chi connectivity index (χ4v) is 2.19. The van der Waals surface area contributed by atoms with Crippen LogP contribution in [-0.2, 0) is 6.18 Å². The molecule has 2 rings (SSSR count). The number of hydrogen-bond acceptors (Lipinski definition) is 3. The predicted octanol–water partition coefficient (Wildman–Crippen LogP) is 2.72. The Morgan fingerprint density at radius 3 is 2.95 bits per heavy atom. The molecule has 1 fully saturated rings. The summed E-state index contributed by atoms with van der Waals surface area (Å²) in [5.41, 5.74) is -0.952. The van der Waals surface area contributed by atoms with Crippen molar-refractivity contribution in [3.8, 4) is 5.75 Å². The average Bonchev–Trinajstić information content (AvgIpc) is 2.37. The van der Waals surface area contributed by atoms with Crippen LogP contribution in [0, 0.1) is 11.8 Å². The third-order valence-electron chi connectivity index (χ3n) is 3.48. The number of pyridine rings is 1. The van der Waals surface area contributed by atoms with E-state index in [-0.39, 0.29) is 18.3 Å². The van der Waals surface area contributed by atoms with E-state index in [0.29, 0.717) is 5.92 Å². The van der Waals surface area contributed by atoms with Crippen LogP contribution < -0.4 is 10.1 Å². The Labute approximate surface area is 110 Å². The van der Waals surface area contributed by atoms with Crippen molar-refractivity contribution in [1.29, 1.82) is 0 Å². The normalized spacial score (nSPS) is 24.2. The van der Waals surface area contributed by atoms with E-state index in [4.69, 9.17) is 4.74 Å². The van der Waals surface area contributed by atoms with Gasteiger partial charge in [0.25, 0.3) is 0 Å². The molecule has 0 amide bonds. The van der Waals surface area contributed by atoms with Crippen LogP contribution in [0.4, 0.5) is 13.2 Å².